The van der Waals surface area contributed by atoms with Crippen molar-refractivity contribution in [3.05, 3.63) is 29.6 Å². The number of carbonyl (C=O) groups excluding carboxylic acids is 2. The van der Waals surface area contributed by atoms with E-state index in [1.54, 1.807) is 0 Å². The molecule has 0 radical (unpaired) electrons. The number of rotatable bonds is 3. The number of fused-ring (bicyclic) bond motifs is 1. The van der Waals surface area contributed by atoms with Crippen LogP contribution in [0, 0.1) is 11.7 Å². The van der Waals surface area contributed by atoms with Crippen LogP contribution in [0.4, 0.5) is 10.1 Å². The lowest BCUT2D eigenvalue weighted by Crippen LogP contribution is -2.49. The van der Waals surface area contributed by atoms with Gasteiger partial charge in [-0.1, -0.05) is 20.3 Å². The van der Waals surface area contributed by atoms with Crippen molar-refractivity contribution in [2.75, 3.05) is 11.9 Å². The van der Waals surface area contributed by atoms with Gasteiger partial charge in [0.15, 0.2) is 0 Å². The molecule has 0 aromatic heterocycles. The van der Waals surface area contributed by atoms with Crippen LogP contribution in [0.5, 0.6) is 0 Å². The number of aliphatic hydroxyl groups is 1. The van der Waals surface area contributed by atoms with Crippen LogP contribution >= 0.6 is 0 Å². The highest BCUT2D eigenvalue weighted by molar-refractivity contribution is 5.99. The Kier molecular flexibility index (Phi) is 4.57. The van der Waals surface area contributed by atoms with Crippen LogP contribution in [-0.2, 0) is 16.1 Å². The molecule has 21 heavy (non-hydrogen) atoms. The Morgan fingerprint density at radius 3 is 2.90 bits per heavy atom. The number of amides is 2. The van der Waals surface area contributed by atoms with Gasteiger partial charge in [0.1, 0.15) is 18.5 Å². The fraction of sp³-hybridized carbons (Fsp3) is 0.467. The van der Waals surface area contributed by atoms with Crippen molar-refractivity contribution >= 4 is 17.5 Å². The Hall–Kier alpha value is -1.95. The summed E-state index contributed by atoms with van der Waals surface area (Å²) in [5, 5.41) is 11.9. The maximum atomic E-state index is 13.4. The Balaban J connectivity index is 2.46. The summed E-state index contributed by atoms with van der Waals surface area (Å²) in [5.74, 6) is -1.34. The van der Waals surface area contributed by atoms with Crippen molar-refractivity contribution in [2.45, 2.75) is 32.9 Å². The molecule has 1 aliphatic heterocycles. The highest BCUT2D eigenvalue weighted by Gasteiger charge is 2.36. The molecule has 2 unspecified atom stereocenters. The molecule has 0 aliphatic carbocycles. The Labute approximate surface area is 122 Å². The number of benzene rings is 1. The van der Waals surface area contributed by atoms with Crippen LogP contribution in [-0.4, -0.2) is 34.5 Å². The maximum absolute atomic E-state index is 13.4. The zero-order chi connectivity index (χ0) is 15.6. The molecule has 114 valence electrons. The zero-order valence-corrected chi connectivity index (χ0v) is 12.1. The lowest BCUT2D eigenvalue weighted by molar-refractivity contribution is -0.143. The van der Waals surface area contributed by atoms with E-state index in [0.29, 0.717) is 17.7 Å². The molecule has 2 N–H and O–H groups in total. The van der Waals surface area contributed by atoms with Gasteiger partial charge in [0, 0.05) is 12.2 Å². The summed E-state index contributed by atoms with van der Waals surface area (Å²) in [6.45, 7) is 3.22. The highest BCUT2D eigenvalue weighted by atomic mass is 19.1. The predicted molar refractivity (Wildman–Crippen MR) is 75.9 cm³/mol. The third kappa shape index (κ3) is 3.05. The van der Waals surface area contributed by atoms with Crippen molar-refractivity contribution < 1.29 is 19.1 Å². The van der Waals surface area contributed by atoms with Crippen LogP contribution in [0.2, 0.25) is 0 Å². The number of halogens is 1. The summed E-state index contributed by atoms with van der Waals surface area (Å²) in [6.07, 6.45) is 0.706. The first kappa shape index (κ1) is 15.4. The fourth-order valence-corrected chi connectivity index (χ4v) is 2.57. The third-order valence-electron chi connectivity index (χ3n) is 3.91. The van der Waals surface area contributed by atoms with Gasteiger partial charge in [-0.2, -0.15) is 0 Å². The van der Waals surface area contributed by atoms with Crippen LogP contribution in [0.25, 0.3) is 0 Å². The van der Waals surface area contributed by atoms with E-state index in [0.717, 1.165) is 0 Å². The van der Waals surface area contributed by atoms with E-state index < -0.39 is 24.4 Å². The van der Waals surface area contributed by atoms with Gasteiger partial charge in [-0.25, -0.2) is 4.39 Å². The van der Waals surface area contributed by atoms with Gasteiger partial charge in [0.05, 0.1) is 0 Å². The van der Waals surface area contributed by atoms with Crippen molar-refractivity contribution in [1.29, 1.82) is 0 Å². The van der Waals surface area contributed by atoms with Crippen LogP contribution in [0.1, 0.15) is 25.8 Å². The van der Waals surface area contributed by atoms with E-state index in [9.17, 15) is 14.0 Å². The molecule has 1 aromatic carbocycles. The van der Waals surface area contributed by atoms with E-state index in [1.807, 2.05) is 13.8 Å². The quantitative estimate of drug-likeness (QED) is 0.888. The minimum atomic E-state index is -0.676. The van der Waals surface area contributed by atoms with E-state index in [4.69, 9.17) is 5.11 Å². The molecule has 0 bridgehead atoms. The lowest BCUT2D eigenvalue weighted by Gasteiger charge is -2.31. The first-order valence-electron chi connectivity index (χ1n) is 6.97. The highest BCUT2D eigenvalue weighted by Crippen LogP contribution is 2.27. The molecule has 5 nitrogen and oxygen atoms in total. The monoisotopic (exact) mass is 294 g/mol. The number of nitrogens with one attached hydrogen (secondary N) is 1. The second kappa shape index (κ2) is 6.22. The molecule has 6 heteroatoms. The topological polar surface area (TPSA) is 69.6 Å². The molecule has 1 heterocycles. The Morgan fingerprint density at radius 1 is 1.57 bits per heavy atom. The van der Waals surface area contributed by atoms with Gasteiger partial charge >= 0.3 is 0 Å². The summed E-state index contributed by atoms with van der Waals surface area (Å²) in [7, 11) is 0. The first-order chi connectivity index (χ1) is 9.97. The summed E-state index contributed by atoms with van der Waals surface area (Å²) in [5.41, 5.74) is 1.03. The average Bonchev–Trinajstić information content (AvgIpc) is 2.61. The molecule has 2 amide bonds. The van der Waals surface area contributed by atoms with Gasteiger partial charge in [0.25, 0.3) is 0 Å². The van der Waals surface area contributed by atoms with E-state index >= 15 is 0 Å². The van der Waals surface area contributed by atoms with Crippen LogP contribution in [0.3, 0.4) is 0 Å². The summed E-state index contributed by atoms with van der Waals surface area (Å²) in [4.78, 5) is 25.7. The maximum Gasteiger partial charge on any atom is 0.249 e. The number of hydrogen-bond acceptors (Lipinski definition) is 3. The second-order valence-electron chi connectivity index (χ2n) is 5.30. The van der Waals surface area contributed by atoms with Crippen LogP contribution < -0.4 is 5.32 Å². The molecular weight excluding hydrogens is 275 g/mol. The lowest BCUT2D eigenvalue weighted by atomic mass is 9.96. The zero-order valence-electron chi connectivity index (χ0n) is 12.1. The number of nitrogens with zero attached hydrogens (tertiary/aromatic N) is 1. The molecule has 1 aromatic rings. The average molecular weight is 294 g/mol. The minimum Gasteiger partial charge on any atom is -0.387 e. The van der Waals surface area contributed by atoms with Gasteiger partial charge < -0.3 is 15.3 Å². The molecule has 1 aliphatic rings. The van der Waals surface area contributed by atoms with E-state index in [2.05, 4.69) is 5.32 Å². The summed E-state index contributed by atoms with van der Waals surface area (Å²) < 4.78 is 13.4. The predicted octanol–water partition coefficient (Wildman–Crippen LogP) is 1.51. The van der Waals surface area contributed by atoms with Gasteiger partial charge in [-0.05, 0) is 29.7 Å². The third-order valence-corrected chi connectivity index (χ3v) is 3.91. The molecule has 0 saturated carbocycles. The van der Waals surface area contributed by atoms with Gasteiger partial charge in [-0.15, -0.1) is 0 Å². The second-order valence-corrected chi connectivity index (χ2v) is 5.30. The number of anilines is 1. The normalized spacial score (nSPS) is 19.5. The molecule has 0 saturated heterocycles. The Morgan fingerprint density at radius 2 is 2.29 bits per heavy atom. The number of aliphatic hydroxyl groups excluding tert-OH is 1. The SMILES string of the molecule is CCC(C)C1C(=O)Nc2ccc(F)cc2CN1C(=O)CO. The van der Waals surface area contributed by atoms with Crippen molar-refractivity contribution in [3.63, 3.8) is 0 Å². The molecule has 2 rings (SSSR count). The van der Waals surface area contributed by atoms with E-state index in [-0.39, 0.29) is 18.4 Å². The smallest absolute Gasteiger partial charge is 0.249 e. The van der Waals surface area contributed by atoms with Crippen molar-refractivity contribution in [3.8, 4) is 0 Å². The summed E-state index contributed by atoms with van der Waals surface area (Å²) in [6, 6.07) is 3.38. The van der Waals surface area contributed by atoms with Crippen molar-refractivity contribution in [1.82, 2.24) is 4.90 Å². The number of hydrogen-bond donors (Lipinski definition) is 2. The molecular formula is C15H19FN2O3. The Bertz CT molecular complexity index is 562. The van der Waals surface area contributed by atoms with Gasteiger partial charge in [0.2, 0.25) is 11.8 Å². The molecule has 2 atom stereocenters. The van der Waals surface area contributed by atoms with Crippen molar-refractivity contribution in [2.24, 2.45) is 5.92 Å². The largest absolute Gasteiger partial charge is 0.387 e. The first-order valence-corrected chi connectivity index (χ1v) is 6.97. The molecule has 0 fully saturated rings. The number of carbonyl (C=O) groups is 2. The van der Waals surface area contributed by atoms with Gasteiger partial charge in [-0.3, -0.25) is 9.59 Å². The minimum absolute atomic E-state index is 0.0698. The van der Waals surface area contributed by atoms with E-state index in [1.165, 1.54) is 23.1 Å². The fourth-order valence-electron chi connectivity index (χ4n) is 2.57. The standard InChI is InChI=1S/C15H19FN2O3/c1-3-9(2)14-15(21)17-12-5-4-11(16)6-10(12)7-18(14)13(20)8-19/h4-6,9,14,19H,3,7-8H2,1-2H3,(H,17,21). The summed E-state index contributed by atoms with van der Waals surface area (Å²) >= 11 is 0. The van der Waals surface area contributed by atoms with Crippen LogP contribution in [0.15, 0.2) is 18.2 Å². The molecule has 0 spiro atoms.